The summed E-state index contributed by atoms with van der Waals surface area (Å²) < 4.78 is 5.77. The molecule has 0 radical (unpaired) electrons. The second-order valence-corrected chi connectivity index (χ2v) is 5.09. The van der Waals surface area contributed by atoms with Crippen molar-refractivity contribution in [3.8, 4) is 11.8 Å². The summed E-state index contributed by atoms with van der Waals surface area (Å²) in [5.74, 6) is 1.67. The first-order valence-electron chi connectivity index (χ1n) is 7.45. The first kappa shape index (κ1) is 15.0. The van der Waals surface area contributed by atoms with Gasteiger partial charge in [0.2, 0.25) is 0 Å². The molecule has 3 rings (SSSR count). The van der Waals surface area contributed by atoms with Gasteiger partial charge in [0, 0.05) is 0 Å². The summed E-state index contributed by atoms with van der Waals surface area (Å²) in [5, 5.41) is 14.7. The topological polar surface area (TPSA) is 77.3 Å². The minimum Gasteiger partial charge on any atom is -0.489 e. The van der Waals surface area contributed by atoms with Gasteiger partial charge in [-0.15, -0.1) is 0 Å². The molecule has 1 aliphatic rings. The summed E-state index contributed by atoms with van der Waals surface area (Å²) in [6, 6.07) is 20.0. The number of quaternary nitrogens is 1. The van der Waals surface area contributed by atoms with E-state index in [0.29, 0.717) is 19.6 Å². The number of hydrazone groups is 1. The third kappa shape index (κ3) is 4.07. The quantitative estimate of drug-likeness (QED) is 0.785. The summed E-state index contributed by atoms with van der Waals surface area (Å²) in [6.07, 6.45) is 0.434. The Kier molecular flexibility index (Phi) is 4.84. The highest BCUT2D eigenvalue weighted by Gasteiger charge is 2.19. The number of hydrogen-bond acceptors (Lipinski definition) is 5. The van der Waals surface area contributed by atoms with Crippen molar-refractivity contribution in [3.05, 3.63) is 65.7 Å². The molecular weight excluding hydrogens is 290 g/mol. The molecule has 0 aromatic heterocycles. The van der Waals surface area contributed by atoms with Gasteiger partial charge in [0.05, 0.1) is 24.6 Å². The van der Waals surface area contributed by atoms with Gasteiger partial charge < -0.3 is 4.74 Å². The molecule has 116 valence electrons. The molecule has 0 bridgehead atoms. The second kappa shape index (κ2) is 7.40. The largest absolute Gasteiger partial charge is 0.489 e. The summed E-state index contributed by atoms with van der Waals surface area (Å²) in [5.41, 5.74) is 7.00. The molecular formula is C17H18N5O+. The highest BCUT2D eigenvalue weighted by atomic mass is 16.5. The van der Waals surface area contributed by atoms with Crippen molar-refractivity contribution in [2.75, 3.05) is 6.54 Å². The predicted molar refractivity (Wildman–Crippen MR) is 85.8 cm³/mol. The van der Waals surface area contributed by atoms with Crippen molar-refractivity contribution in [2.24, 2.45) is 5.10 Å². The van der Waals surface area contributed by atoms with Crippen molar-refractivity contribution < 1.29 is 10.2 Å². The van der Waals surface area contributed by atoms with Crippen LogP contribution in [0, 0.1) is 11.3 Å². The Balaban J connectivity index is 1.58. The van der Waals surface area contributed by atoms with Crippen LogP contribution in [-0.2, 0) is 6.61 Å². The Labute approximate surface area is 134 Å². The van der Waals surface area contributed by atoms with Crippen LogP contribution >= 0.6 is 0 Å². The summed E-state index contributed by atoms with van der Waals surface area (Å²) in [4.78, 5) is 0. The molecule has 0 aliphatic carbocycles. The molecule has 0 spiro atoms. The smallest absolute Gasteiger partial charge is 0.270 e. The molecule has 1 heterocycles. The number of nitrogens with two attached hydrogens (primary N) is 1. The maximum Gasteiger partial charge on any atom is 0.270 e. The fourth-order valence-corrected chi connectivity index (χ4v) is 2.20. The van der Waals surface area contributed by atoms with Crippen LogP contribution < -0.4 is 15.7 Å². The standard InChI is InChI=1S/C17H17N5O/c18-11-4-12-22-20-17(19-21-22)15-7-9-16(10-8-15)23-13-14-5-2-1-3-6-14/h1-3,5-10,21H,4,12-13H2,(H,19,20)/p+1. The van der Waals surface area contributed by atoms with Crippen LogP contribution in [-0.4, -0.2) is 17.5 Å². The number of rotatable bonds is 6. The lowest BCUT2D eigenvalue weighted by atomic mass is 10.2. The number of nitrogens with zero attached hydrogens (tertiary/aromatic N) is 3. The zero-order chi connectivity index (χ0) is 15.9. The third-order valence-corrected chi connectivity index (χ3v) is 3.41. The van der Waals surface area contributed by atoms with E-state index < -0.39 is 0 Å². The number of nitriles is 1. The van der Waals surface area contributed by atoms with Gasteiger partial charge in [0.15, 0.2) is 0 Å². The monoisotopic (exact) mass is 308 g/mol. The van der Waals surface area contributed by atoms with Crippen molar-refractivity contribution >= 4 is 5.84 Å². The van der Waals surface area contributed by atoms with Gasteiger partial charge in [-0.3, -0.25) is 0 Å². The average molecular weight is 308 g/mol. The highest BCUT2D eigenvalue weighted by molar-refractivity contribution is 5.91. The molecule has 23 heavy (non-hydrogen) atoms. The fourth-order valence-electron chi connectivity index (χ4n) is 2.20. The lowest BCUT2D eigenvalue weighted by Crippen LogP contribution is -2.95. The Morgan fingerprint density at radius 1 is 1.13 bits per heavy atom. The number of benzene rings is 2. The number of amidine groups is 1. The van der Waals surface area contributed by atoms with Crippen LogP contribution in [0.15, 0.2) is 59.7 Å². The SMILES string of the molecule is N#CCCN1N=C(c2ccc(OCc3ccccc3)cc2)[NH2+]N1. The van der Waals surface area contributed by atoms with Crippen LogP contribution in [0.25, 0.3) is 0 Å². The van der Waals surface area contributed by atoms with E-state index in [0.717, 1.165) is 22.7 Å². The van der Waals surface area contributed by atoms with Gasteiger partial charge in [-0.2, -0.15) is 15.8 Å². The summed E-state index contributed by atoms with van der Waals surface area (Å²) in [6.45, 7) is 1.12. The van der Waals surface area contributed by atoms with Crippen LogP contribution in [0.3, 0.4) is 0 Å². The number of hydrogen-bond donors (Lipinski definition) is 2. The van der Waals surface area contributed by atoms with Gasteiger partial charge >= 0.3 is 0 Å². The molecule has 6 heteroatoms. The van der Waals surface area contributed by atoms with Gasteiger partial charge in [-0.1, -0.05) is 41.0 Å². The number of ether oxygens (including phenoxy) is 1. The maximum absolute atomic E-state index is 8.60. The molecule has 0 saturated heterocycles. The summed E-state index contributed by atoms with van der Waals surface area (Å²) >= 11 is 0. The van der Waals surface area contributed by atoms with E-state index in [4.69, 9.17) is 10.00 Å². The molecule has 0 atom stereocenters. The highest BCUT2D eigenvalue weighted by Crippen LogP contribution is 2.14. The maximum atomic E-state index is 8.60. The lowest BCUT2D eigenvalue weighted by Gasteiger charge is -2.06. The van der Waals surface area contributed by atoms with Crippen molar-refractivity contribution in [2.45, 2.75) is 13.0 Å². The Morgan fingerprint density at radius 3 is 2.65 bits per heavy atom. The van der Waals surface area contributed by atoms with E-state index in [1.54, 1.807) is 5.12 Å². The van der Waals surface area contributed by atoms with Crippen LogP contribution in [0.1, 0.15) is 17.5 Å². The molecule has 0 unspecified atom stereocenters. The molecule has 0 saturated carbocycles. The van der Waals surface area contributed by atoms with Crippen LogP contribution in [0.2, 0.25) is 0 Å². The Morgan fingerprint density at radius 2 is 1.91 bits per heavy atom. The van der Waals surface area contributed by atoms with E-state index in [-0.39, 0.29) is 0 Å². The lowest BCUT2D eigenvalue weighted by molar-refractivity contribution is -0.619. The molecule has 0 fully saturated rings. The minimum absolute atomic E-state index is 0.434. The van der Waals surface area contributed by atoms with E-state index in [9.17, 15) is 0 Å². The normalized spacial score (nSPS) is 13.5. The molecule has 3 N–H and O–H groups in total. The minimum atomic E-state index is 0.434. The first-order valence-corrected chi connectivity index (χ1v) is 7.45. The van der Waals surface area contributed by atoms with E-state index in [2.05, 4.69) is 16.7 Å². The second-order valence-electron chi connectivity index (χ2n) is 5.09. The van der Waals surface area contributed by atoms with Gasteiger partial charge in [-0.25, -0.2) is 0 Å². The van der Waals surface area contributed by atoms with Crippen LogP contribution in [0.4, 0.5) is 0 Å². The van der Waals surface area contributed by atoms with Crippen molar-refractivity contribution in [3.63, 3.8) is 0 Å². The van der Waals surface area contributed by atoms with E-state index in [1.165, 1.54) is 0 Å². The summed E-state index contributed by atoms with van der Waals surface area (Å²) in [7, 11) is 0. The molecule has 2 aromatic rings. The van der Waals surface area contributed by atoms with E-state index in [1.807, 2.05) is 60.0 Å². The molecule has 1 aliphatic heterocycles. The van der Waals surface area contributed by atoms with E-state index >= 15 is 0 Å². The van der Waals surface area contributed by atoms with Gasteiger partial charge in [-0.05, 0) is 29.8 Å². The van der Waals surface area contributed by atoms with Gasteiger partial charge in [0.1, 0.15) is 12.4 Å². The Hall–Kier alpha value is -2.88. The molecule has 0 amide bonds. The van der Waals surface area contributed by atoms with Crippen molar-refractivity contribution in [1.29, 1.82) is 5.26 Å². The zero-order valence-electron chi connectivity index (χ0n) is 12.6. The third-order valence-electron chi connectivity index (χ3n) is 3.41. The van der Waals surface area contributed by atoms with Crippen molar-refractivity contribution in [1.82, 2.24) is 10.7 Å². The molecule has 2 aromatic carbocycles. The Bertz CT molecular complexity index is 706. The fraction of sp³-hybridized carbons (Fsp3) is 0.176. The van der Waals surface area contributed by atoms with Crippen LogP contribution in [0.5, 0.6) is 5.75 Å². The number of hydrazine groups is 1. The number of nitrogens with one attached hydrogen (secondary N) is 1. The predicted octanol–water partition coefficient (Wildman–Crippen LogP) is 1.14. The molecule has 6 nitrogen and oxygen atoms in total. The zero-order valence-corrected chi connectivity index (χ0v) is 12.6. The first-order chi connectivity index (χ1) is 11.3. The average Bonchev–Trinajstić information content (AvgIpc) is 3.08. The van der Waals surface area contributed by atoms with Gasteiger partial charge in [0.25, 0.3) is 5.84 Å².